The summed E-state index contributed by atoms with van der Waals surface area (Å²) in [5.41, 5.74) is 0. The van der Waals surface area contributed by atoms with Gasteiger partial charge in [0.2, 0.25) is 0 Å². The Kier molecular flexibility index (Phi) is 1.77. The van der Waals surface area contributed by atoms with Crippen molar-refractivity contribution in [3.05, 3.63) is 0 Å². The van der Waals surface area contributed by atoms with Crippen LogP contribution in [0.5, 0.6) is 0 Å². The lowest BCUT2D eigenvalue weighted by Crippen LogP contribution is -2.56. The van der Waals surface area contributed by atoms with Gasteiger partial charge in [0.25, 0.3) is 0 Å². The summed E-state index contributed by atoms with van der Waals surface area (Å²) < 4.78 is -0.271. The third-order valence-corrected chi connectivity index (χ3v) is 2.19. The molecule has 0 atom stereocenters. The van der Waals surface area contributed by atoms with Crippen molar-refractivity contribution in [2.45, 2.75) is 0 Å². The summed E-state index contributed by atoms with van der Waals surface area (Å²) in [7, 11) is 0. The highest BCUT2D eigenvalue weighted by Crippen LogP contribution is 2.09. The zero-order chi connectivity index (χ0) is 6.04. The van der Waals surface area contributed by atoms with Crippen LogP contribution in [0.25, 0.3) is 0 Å². The minimum atomic E-state index is -0.271. The molecule has 0 amide bonds. The van der Waals surface area contributed by atoms with Crippen LogP contribution >= 0.6 is 11.8 Å². The lowest BCUT2D eigenvalue weighted by molar-refractivity contribution is -1.11. The Balaban J connectivity index is 2.33. The molecule has 0 aliphatic carbocycles. The van der Waals surface area contributed by atoms with Gasteiger partial charge in [-0.25, -0.2) is 0 Å². The number of hydrogen-bond acceptors (Lipinski definition) is 3. The van der Waals surface area contributed by atoms with Gasteiger partial charge in [-0.3, -0.25) is 0 Å². The number of nitrogens with two attached hydrogens (primary N) is 1. The molecule has 0 saturated carbocycles. The molecule has 3 N–H and O–H groups in total. The predicted molar refractivity (Wildman–Crippen MR) is 33.3 cm³/mol. The van der Waals surface area contributed by atoms with Gasteiger partial charge < -0.3 is 0 Å². The first-order valence-corrected chi connectivity index (χ1v) is 3.82. The van der Waals surface area contributed by atoms with Gasteiger partial charge in [-0.05, 0) is 0 Å². The van der Waals surface area contributed by atoms with Gasteiger partial charge in [0.1, 0.15) is 13.1 Å². The van der Waals surface area contributed by atoms with Crippen LogP contribution in [0.15, 0.2) is 0 Å². The average Bonchev–Trinajstić information content (AvgIpc) is 1.65. The van der Waals surface area contributed by atoms with E-state index >= 15 is 0 Å². The van der Waals surface area contributed by atoms with Crippen LogP contribution in [0.2, 0.25) is 0 Å². The molecule has 1 aliphatic rings. The van der Waals surface area contributed by atoms with E-state index < -0.39 is 0 Å². The van der Waals surface area contributed by atoms with Crippen LogP contribution < -0.4 is 5.84 Å². The Bertz CT molecular complexity index is 78.1. The molecule has 0 aromatic heterocycles. The Hall–Kier alpha value is 0.230. The molecule has 8 heavy (non-hydrogen) atoms. The van der Waals surface area contributed by atoms with Gasteiger partial charge in [-0.1, -0.05) is 0 Å². The molecule has 48 valence electrons. The summed E-state index contributed by atoms with van der Waals surface area (Å²) in [6.07, 6.45) is 0. The van der Waals surface area contributed by atoms with E-state index in [9.17, 15) is 0 Å². The van der Waals surface area contributed by atoms with Crippen LogP contribution in [0.1, 0.15) is 0 Å². The number of thioether (sulfide) groups is 1. The lowest BCUT2D eigenvalue weighted by atomic mass is 10.6. The number of quaternary nitrogens is 1. The second-order valence-electron chi connectivity index (χ2n) is 2.05. The zero-order valence-corrected chi connectivity index (χ0v) is 5.52. The van der Waals surface area contributed by atoms with E-state index in [-0.39, 0.29) is 4.76 Å². The molecule has 1 rings (SSSR count). The molecule has 0 aromatic rings. The van der Waals surface area contributed by atoms with Gasteiger partial charge in [0, 0.05) is 11.5 Å². The molecular formula is C4H11N2OS+. The monoisotopic (exact) mass is 135 g/mol. The van der Waals surface area contributed by atoms with E-state index in [1.54, 1.807) is 0 Å². The molecule has 0 radical (unpaired) electrons. The van der Waals surface area contributed by atoms with Crippen molar-refractivity contribution < 1.29 is 9.96 Å². The molecule has 1 saturated heterocycles. The number of hydroxylamine groups is 2. The number of rotatable bonds is 0. The summed E-state index contributed by atoms with van der Waals surface area (Å²) >= 11 is 1.84. The van der Waals surface area contributed by atoms with Crippen LogP contribution in [-0.2, 0) is 0 Å². The first-order chi connectivity index (χ1) is 3.71. The van der Waals surface area contributed by atoms with Crippen molar-refractivity contribution in [1.82, 2.24) is 0 Å². The highest BCUT2D eigenvalue weighted by atomic mass is 32.2. The van der Waals surface area contributed by atoms with Crippen molar-refractivity contribution in [3.63, 3.8) is 0 Å². The van der Waals surface area contributed by atoms with Gasteiger partial charge >= 0.3 is 0 Å². The van der Waals surface area contributed by atoms with Crippen molar-refractivity contribution in [2.75, 3.05) is 24.6 Å². The number of nitrogens with zero attached hydrogens (tertiary/aromatic N) is 1. The molecule has 0 unspecified atom stereocenters. The Morgan fingerprint density at radius 3 is 2.12 bits per heavy atom. The normalized spacial score (nSPS) is 27.8. The van der Waals surface area contributed by atoms with Gasteiger partial charge in [-0.15, -0.1) is 22.4 Å². The van der Waals surface area contributed by atoms with Crippen LogP contribution in [0.3, 0.4) is 0 Å². The summed E-state index contributed by atoms with van der Waals surface area (Å²) in [6.45, 7) is 1.37. The fourth-order valence-electron chi connectivity index (χ4n) is 0.659. The predicted octanol–water partition coefficient (Wildman–Crippen LogP) is -0.187. The van der Waals surface area contributed by atoms with Gasteiger partial charge in [-0.2, -0.15) is 5.21 Å². The standard InChI is InChI=1S/C4H11N2OS/c5-6(7)1-3-8-4-2-6/h7H,1-5H2/q+1. The lowest BCUT2D eigenvalue weighted by Gasteiger charge is -2.26. The zero-order valence-electron chi connectivity index (χ0n) is 4.71. The van der Waals surface area contributed by atoms with E-state index in [1.807, 2.05) is 11.8 Å². The molecule has 0 aromatic carbocycles. The van der Waals surface area contributed by atoms with Gasteiger partial charge in [0.05, 0.1) is 0 Å². The molecule has 0 bridgehead atoms. The highest BCUT2D eigenvalue weighted by molar-refractivity contribution is 7.99. The highest BCUT2D eigenvalue weighted by Gasteiger charge is 2.23. The molecular weight excluding hydrogens is 124 g/mol. The van der Waals surface area contributed by atoms with Crippen molar-refractivity contribution in [2.24, 2.45) is 5.84 Å². The first-order valence-electron chi connectivity index (χ1n) is 2.67. The minimum Gasteiger partial charge on any atom is -0.196 e. The third kappa shape index (κ3) is 1.63. The van der Waals surface area contributed by atoms with E-state index in [4.69, 9.17) is 11.0 Å². The molecule has 0 spiro atoms. The largest absolute Gasteiger partial charge is 0.196 e. The Morgan fingerprint density at radius 2 is 1.88 bits per heavy atom. The Morgan fingerprint density at radius 1 is 1.38 bits per heavy atom. The van der Waals surface area contributed by atoms with Crippen molar-refractivity contribution in [3.8, 4) is 0 Å². The SMILES string of the molecule is N[N+]1(O)CCSCC1. The van der Waals surface area contributed by atoms with E-state index in [2.05, 4.69) is 0 Å². The minimum absolute atomic E-state index is 0.271. The van der Waals surface area contributed by atoms with Crippen LogP contribution in [0.4, 0.5) is 0 Å². The average molecular weight is 135 g/mol. The molecule has 1 fully saturated rings. The second-order valence-corrected chi connectivity index (χ2v) is 3.27. The van der Waals surface area contributed by atoms with Crippen LogP contribution in [0, 0.1) is 0 Å². The number of hydrogen-bond donors (Lipinski definition) is 2. The first kappa shape index (κ1) is 6.35. The van der Waals surface area contributed by atoms with Gasteiger partial charge in [0.15, 0.2) is 0 Å². The van der Waals surface area contributed by atoms with Crippen molar-refractivity contribution >= 4 is 11.8 Å². The van der Waals surface area contributed by atoms with Crippen LogP contribution in [-0.4, -0.2) is 34.6 Å². The summed E-state index contributed by atoms with van der Waals surface area (Å²) in [5.74, 6) is 7.32. The maximum absolute atomic E-state index is 9.08. The maximum atomic E-state index is 9.08. The fraction of sp³-hybridized carbons (Fsp3) is 1.00. The maximum Gasteiger partial charge on any atom is 0.137 e. The fourth-order valence-corrected chi connectivity index (χ4v) is 1.75. The summed E-state index contributed by atoms with van der Waals surface area (Å²) in [6, 6.07) is 0. The molecule has 3 nitrogen and oxygen atoms in total. The topological polar surface area (TPSA) is 46.2 Å². The molecule has 4 heteroatoms. The summed E-state index contributed by atoms with van der Waals surface area (Å²) in [4.78, 5) is 0. The van der Waals surface area contributed by atoms with E-state index in [0.29, 0.717) is 13.1 Å². The quantitative estimate of drug-likeness (QED) is 0.357. The van der Waals surface area contributed by atoms with Crippen molar-refractivity contribution in [1.29, 1.82) is 0 Å². The van der Waals surface area contributed by atoms with E-state index in [0.717, 1.165) is 11.5 Å². The van der Waals surface area contributed by atoms with E-state index in [1.165, 1.54) is 0 Å². The Labute approximate surface area is 53.0 Å². The molecule has 1 heterocycles. The molecule has 1 aliphatic heterocycles. The smallest absolute Gasteiger partial charge is 0.137 e. The third-order valence-electron chi connectivity index (χ3n) is 1.25. The second kappa shape index (κ2) is 2.23. The summed E-state index contributed by atoms with van der Waals surface area (Å²) in [5, 5.41) is 9.08.